The van der Waals surface area contributed by atoms with E-state index in [-0.39, 0.29) is 19.0 Å². The van der Waals surface area contributed by atoms with Gasteiger partial charge in [0, 0.05) is 13.5 Å². The highest BCUT2D eigenvalue weighted by Crippen LogP contribution is 2.15. The Morgan fingerprint density at radius 3 is 2.41 bits per heavy atom. The average Bonchev–Trinajstić information content (AvgIpc) is 2.44. The molecule has 0 saturated carbocycles. The number of rotatable bonds is 1. The van der Waals surface area contributed by atoms with E-state index in [9.17, 15) is 14.7 Å². The van der Waals surface area contributed by atoms with Crippen molar-refractivity contribution in [3.05, 3.63) is 0 Å². The van der Waals surface area contributed by atoms with Crippen LogP contribution in [0.2, 0.25) is 0 Å². The molecule has 0 radical (unpaired) electrons. The van der Waals surface area contributed by atoms with E-state index >= 15 is 0 Å². The summed E-state index contributed by atoms with van der Waals surface area (Å²) in [4.78, 5) is 24.0. The van der Waals surface area contributed by atoms with Gasteiger partial charge in [-0.2, -0.15) is 0 Å². The van der Waals surface area contributed by atoms with Gasteiger partial charge in [0.15, 0.2) is 0 Å². The molecule has 0 bridgehead atoms. The lowest BCUT2D eigenvalue weighted by Gasteiger charge is -2.24. The van der Waals surface area contributed by atoms with Gasteiger partial charge in [0.2, 0.25) is 5.91 Å². The summed E-state index contributed by atoms with van der Waals surface area (Å²) >= 11 is 0. The number of carbonyl (C=O) groups excluding carboxylic acids is 2. The molecule has 0 aromatic rings. The molecule has 1 rings (SSSR count). The van der Waals surface area contributed by atoms with E-state index in [0.717, 1.165) is 0 Å². The van der Waals surface area contributed by atoms with Gasteiger partial charge < -0.3 is 20.1 Å². The van der Waals surface area contributed by atoms with E-state index in [0.29, 0.717) is 0 Å². The van der Waals surface area contributed by atoms with Crippen LogP contribution in [-0.2, 0) is 9.53 Å². The number of hydrogen-bond acceptors (Lipinski definition) is 4. The highest BCUT2D eigenvalue weighted by molar-refractivity contribution is 5.74. The smallest absolute Gasteiger partial charge is 0.410 e. The standard InChI is InChI=1S/C11H20N2O4/c1-7(14)12-8-5-13(6-9(8)15)10(16)17-11(2,3)4/h8-9,15H,5-6H2,1-4H3,(H,12,14). The van der Waals surface area contributed by atoms with E-state index in [2.05, 4.69) is 5.32 Å². The zero-order chi connectivity index (χ0) is 13.2. The molecule has 17 heavy (non-hydrogen) atoms. The number of aliphatic hydroxyl groups is 1. The minimum absolute atomic E-state index is 0.180. The molecular weight excluding hydrogens is 224 g/mol. The quantitative estimate of drug-likeness (QED) is 0.686. The fourth-order valence-corrected chi connectivity index (χ4v) is 1.67. The molecular formula is C11H20N2O4. The summed E-state index contributed by atoms with van der Waals surface area (Å²) < 4.78 is 5.19. The Bertz CT molecular complexity index is 311. The molecule has 0 aliphatic carbocycles. The molecule has 2 unspecified atom stereocenters. The Morgan fingerprint density at radius 2 is 1.94 bits per heavy atom. The minimum atomic E-state index is -0.744. The first kappa shape index (κ1) is 13.8. The Morgan fingerprint density at radius 1 is 1.35 bits per heavy atom. The van der Waals surface area contributed by atoms with E-state index in [1.165, 1.54) is 11.8 Å². The van der Waals surface area contributed by atoms with Crippen LogP contribution >= 0.6 is 0 Å². The molecule has 1 heterocycles. The first-order valence-electron chi connectivity index (χ1n) is 5.62. The monoisotopic (exact) mass is 244 g/mol. The number of hydrogen-bond donors (Lipinski definition) is 2. The summed E-state index contributed by atoms with van der Waals surface area (Å²) in [5, 5.41) is 12.3. The van der Waals surface area contributed by atoms with E-state index in [1.54, 1.807) is 20.8 Å². The molecule has 6 heteroatoms. The van der Waals surface area contributed by atoms with Crippen LogP contribution in [0.15, 0.2) is 0 Å². The normalized spacial score (nSPS) is 24.6. The van der Waals surface area contributed by atoms with Gasteiger partial charge in [0.05, 0.1) is 18.7 Å². The highest BCUT2D eigenvalue weighted by atomic mass is 16.6. The number of carbonyl (C=O) groups is 2. The van der Waals surface area contributed by atoms with Gasteiger partial charge >= 0.3 is 6.09 Å². The Labute approximate surface area is 101 Å². The molecule has 0 spiro atoms. The molecule has 1 aliphatic heterocycles. The fourth-order valence-electron chi connectivity index (χ4n) is 1.67. The number of ether oxygens (including phenoxy) is 1. The lowest BCUT2D eigenvalue weighted by molar-refractivity contribution is -0.120. The number of amides is 2. The molecule has 0 aromatic heterocycles. The van der Waals surface area contributed by atoms with Crippen LogP contribution in [0.4, 0.5) is 4.79 Å². The molecule has 0 aromatic carbocycles. The Kier molecular flexibility index (Phi) is 3.98. The number of β-amino-alcohol motifs (C(OH)–C–C–N with tert-alkyl or cyclic N) is 1. The molecule has 98 valence electrons. The third-order valence-electron chi connectivity index (χ3n) is 2.33. The van der Waals surface area contributed by atoms with Gasteiger partial charge in [-0.25, -0.2) is 4.79 Å². The van der Waals surface area contributed by atoms with Crippen LogP contribution in [0, 0.1) is 0 Å². The van der Waals surface area contributed by atoms with Crippen molar-refractivity contribution < 1.29 is 19.4 Å². The second kappa shape index (κ2) is 4.91. The largest absolute Gasteiger partial charge is 0.444 e. The van der Waals surface area contributed by atoms with Gasteiger partial charge in [0.1, 0.15) is 5.60 Å². The zero-order valence-electron chi connectivity index (χ0n) is 10.7. The van der Waals surface area contributed by atoms with Gasteiger partial charge in [-0.3, -0.25) is 4.79 Å². The average molecular weight is 244 g/mol. The van der Waals surface area contributed by atoms with Crippen molar-refractivity contribution in [3.63, 3.8) is 0 Å². The minimum Gasteiger partial charge on any atom is -0.444 e. The van der Waals surface area contributed by atoms with E-state index in [4.69, 9.17) is 4.74 Å². The maximum atomic E-state index is 11.7. The van der Waals surface area contributed by atoms with Crippen molar-refractivity contribution in [2.24, 2.45) is 0 Å². The van der Waals surface area contributed by atoms with Crippen LogP contribution in [0.1, 0.15) is 27.7 Å². The van der Waals surface area contributed by atoms with Crippen molar-refractivity contribution >= 4 is 12.0 Å². The first-order chi connectivity index (χ1) is 7.69. The maximum Gasteiger partial charge on any atom is 0.410 e. The molecule has 1 saturated heterocycles. The maximum absolute atomic E-state index is 11.7. The molecule has 2 amide bonds. The SMILES string of the molecule is CC(=O)NC1CN(C(=O)OC(C)(C)C)CC1O. The number of likely N-dealkylation sites (tertiary alicyclic amines) is 1. The van der Waals surface area contributed by atoms with Crippen molar-refractivity contribution in [2.45, 2.75) is 45.4 Å². The van der Waals surface area contributed by atoms with Crippen LogP contribution in [0.5, 0.6) is 0 Å². The molecule has 1 aliphatic rings. The number of nitrogens with zero attached hydrogens (tertiary/aromatic N) is 1. The summed E-state index contributed by atoms with van der Waals surface area (Å²) in [7, 11) is 0. The van der Waals surface area contributed by atoms with Crippen molar-refractivity contribution in [1.82, 2.24) is 10.2 Å². The van der Waals surface area contributed by atoms with Gasteiger partial charge in [-0.1, -0.05) is 0 Å². The zero-order valence-corrected chi connectivity index (χ0v) is 10.7. The second-order valence-corrected chi connectivity index (χ2v) is 5.26. The van der Waals surface area contributed by atoms with Gasteiger partial charge in [-0.05, 0) is 20.8 Å². The second-order valence-electron chi connectivity index (χ2n) is 5.26. The lowest BCUT2D eigenvalue weighted by Crippen LogP contribution is -2.42. The fraction of sp³-hybridized carbons (Fsp3) is 0.818. The van der Waals surface area contributed by atoms with Crippen LogP contribution in [0.3, 0.4) is 0 Å². The molecule has 6 nitrogen and oxygen atoms in total. The summed E-state index contributed by atoms with van der Waals surface area (Å²) in [5.41, 5.74) is -0.561. The third-order valence-corrected chi connectivity index (χ3v) is 2.33. The third kappa shape index (κ3) is 4.22. The summed E-state index contributed by atoms with van der Waals surface area (Å²) in [6, 6.07) is -0.417. The summed E-state index contributed by atoms with van der Waals surface area (Å²) in [6.45, 7) is 7.17. The predicted octanol–water partition coefficient (Wildman–Crippen LogP) is 0.103. The summed E-state index contributed by atoms with van der Waals surface area (Å²) in [6.07, 6.45) is -1.21. The number of nitrogens with one attached hydrogen (secondary N) is 1. The van der Waals surface area contributed by atoms with Gasteiger partial charge in [-0.15, -0.1) is 0 Å². The first-order valence-corrected chi connectivity index (χ1v) is 5.62. The van der Waals surface area contributed by atoms with Crippen molar-refractivity contribution in [1.29, 1.82) is 0 Å². The lowest BCUT2D eigenvalue weighted by atomic mass is 10.2. The highest BCUT2D eigenvalue weighted by Gasteiger charge is 2.36. The van der Waals surface area contributed by atoms with E-state index in [1.807, 2.05) is 0 Å². The van der Waals surface area contributed by atoms with E-state index < -0.39 is 23.8 Å². The topological polar surface area (TPSA) is 78.9 Å². The molecule has 2 atom stereocenters. The van der Waals surface area contributed by atoms with Crippen molar-refractivity contribution in [3.8, 4) is 0 Å². The summed E-state index contributed by atoms with van der Waals surface area (Å²) in [5.74, 6) is -0.222. The predicted molar refractivity (Wildman–Crippen MR) is 61.4 cm³/mol. The van der Waals surface area contributed by atoms with Crippen molar-refractivity contribution in [2.75, 3.05) is 13.1 Å². The van der Waals surface area contributed by atoms with Gasteiger partial charge in [0.25, 0.3) is 0 Å². The van der Waals surface area contributed by atoms with Crippen LogP contribution in [0.25, 0.3) is 0 Å². The van der Waals surface area contributed by atoms with Crippen LogP contribution < -0.4 is 5.32 Å². The molecule has 1 fully saturated rings. The number of aliphatic hydroxyl groups excluding tert-OH is 1. The molecule has 2 N–H and O–H groups in total. The Balaban J connectivity index is 2.53. The van der Waals surface area contributed by atoms with Crippen LogP contribution in [-0.4, -0.2) is 52.8 Å². The Hall–Kier alpha value is -1.30.